The molecule has 0 saturated carbocycles. The van der Waals surface area contributed by atoms with Crippen molar-refractivity contribution in [2.24, 2.45) is 0 Å². The van der Waals surface area contributed by atoms with E-state index in [9.17, 15) is 8.42 Å². The van der Waals surface area contributed by atoms with Crippen LogP contribution < -0.4 is 4.31 Å². The summed E-state index contributed by atoms with van der Waals surface area (Å²) in [5, 5.41) is 0. The minimum absolute atomic E-state index is 0.415. The van der Waals surface area contributed by atoms with E-state index >= 15 is 0 Å². The van der Waals surface area contributed by atoms with E-state index in [0.717, 1.165) is 22.5 Å². The van der Waals surface area contributed by atoms with Crippen LogP contribution in [0.15, 0.2) is 40.6 Å². The lowest BCUT2D eigenvalue weighted by molar-refractivity contribution is 0.594. The van der Waals surface area contributed by atoms with E-state index in [2.05, 4.69) is 0 Å². The number of nitrogens with zero attached hydrogens (tertiary/aromatic N) is 1. The molecule has 1 heterocycles. The van der Waals surface area contributed by atoms with Gasteiger partial charge < -0.3 is 0 Å². The Morgan fingerprint density at radius 2 is 1.90 bits per heavy atom. The van der Waals surface area contributed by atoms with Gasteiger partial charge in [0.2, 0.25) is 0 Å². The zero-order valence-corrected chi connectivity index (χ0v) is 13.6. The highest BCUT2D eigenvalue weighted by Crippen LogP contribution is 2.29. The Kier molecular flexibility index (Phi) is 4.50. The van der Waals surface area contributed by atoms with E-state index in [1.54, 1.807) is 6.07 Å². The summed E-state index contributed by atoms with van der Waals surface area (Å²) in [4.78, 5) is 1.09. The van der Waals surface area contributed by atoms with Crippen molar-refractivity contribution in [2.45, 2.75) is 31.4 Å². The molecule has 108 valence electrons. The zero-order chi connectivity index (χ0) is 14.8. The van der Waals surface area contributed by atoms with Crippen molar-refractivity contribution in [3.63, 3.8) is 0 Å². The molecule has 2 aromatic rings. The maximum atomic E-state index is 12.7. The monoisotopic (exact) mass is 309 g/mol. The second kappa shape index (κ2) is 5.97. The van der Waals surface area contributed by atoms with Crippen LogP contribution in [0, 0.1) is 6.92 Å². The van der Waals surface area contributed by atoms with Crippen molar-refractivity contribution in [1.82, 2.24) is 0 Å². The minimum atomic E-state index is -3.46. The third-order valence-electron chi connectivity index (χ3n) is 3.11. The van der Waals surface area contributed by atoms with Gasteiger partial charge in [-0.2, -0.15) is 0 Å². The van der Waals surface area contributed by atoms with Crippen LogP contribution in [-0.4, -0.2) is 15.0 Å². The third-order valence-corrected chi connectivity index (χ3v) is 6.71. The van der Waals surface area contributed by atoms with Gasteiger partial charge >= 0.3 is 0 Å². The van der Waals surface area contributed by atoms with E-state index in [0.29, 0.717) is 10.8 Å². The Hall–Kier alpha value is -1.33. The van der Waals surface area contributed by atoms with Gasteiger partial charge in [-0.3, -0.25) is 4.31 Å². The molecule has 0 fully saturated rings. The van der Waals surface area contributed by atoms with Crippen molar-refractivity contribution < 1.29 is 8.42 Å². The van der Waals surface area contributed by atoms with Gasteiger partial charge in [0.25, 0.3) is 10.0 Å². The molecule has 0 aliphatic carbocycles. The van der Waals surface area contributed by atoms with Gasteiger partial charge in [-0.1, -0.05) is 19.1 Å². The maximum absolute atomic E-state index is 12.7. The van der Waals surface area contributed by atoms with E-state index in [-0.39, 0.29) is 0 Å². The van der Waals surface area contributed by atoms with Crippen LogP contribution in [0.2, 0.25) is 0 Å². The van der Waals surface area contributed by atoms with Crippen LogP contribution in [0.4, 0.5) is 5.69 Å². The summed E-state index contributed by atoms with van der Waals surface area (Å²) in [6.45, 7) is 6.27. The number of anilines is 1. The maximum Gasteiger partial charge on any atom is 0.273 e. The van der Waals surface area contributed by atoms with Crippen LogP contribution >= 0.6 is 11.3 Å². The summed E-state index contributed by atoms with van der Waals surface area (Å²) in [6, 6.07) is 11.2. The van der Waals surface area contributed by atoms with Gasteiger partial charge in [0, 0.05) is 11.4 Å². The van der Waals surface area contributed by atoms with Gasteiger partial charge in [0.15, 0.2) is 0 Å². The first-order chi connectivity index (χ1) is 9.48. The average Bonchev–Trinajstić information content (AvgIpc) is 2.89. The van der Waals surface area contributed by atoms with Gasteiger partial charge in [0.1, 0.15) is 4.21 Å². The van der Waals surface area contributed by atoms with Crippen molar-refractivity contribution in [3.05, 3.63) is 46.8 Å². The highest BCUT2D eigenvalue weighted by atomic mass is 32.2. The molecule has 0 radical (unpaired) electrons. The largest absolute Gasteiger partial charge is 0.273 e. The number of sulfonamides is 1. The molecule has 0 bridgehead atoms. The smallest absolute Gasteiger partial charge is 0.266 e. The molecule has 3 nitrogen and oxygen atoms in total. The molecule has 5 heteroatoms. The van der Waals surface area contributed by atoms with E-state index < -0.39 is 10.0 Å². The van der Waals surface area contributed by atoms with Gasteiger partial charge in [-0.15, -0.1) is 11.3 Å². The van der Waals surface area contributed by atoms with Crippen LogP contribution in [-0.2, 0) is 16.4 Å². The summed E-state index contributed by atoms with van der Waals surface area (Å²) in [6.07, 6.45) is 0.858. The predicted molar refractivity (Wildman–Crippen MR) is 85.1 cm³/mol. The molecule has 0 spiro atoms. The Morgan fingerprint density at radius 3 is 2.45 bits per heavy atom. The molecule has 0 unspecified atom stereocenters. The number of hydrogen-bond acceptors (Lipinski definition) is 3. The highest BCUT2D eigenvalue weighted by Gasteiger charge is 2.25. The topological polar surface area (TPSA) is 37.4 Å². The van der Waals surface area contributed by atoms with Gasteiger partial charge in [0.05, 0.1) is 5.69 Å². The normalized spacial score (nSPS) is 11.6. The SMILES string of the molecule is CCc1ccc(S(=O)(=O)N(CC)c2cccc(C)c2)s1. The van der Waals surface area contributed by atoms with Crippen molar-refractivity contribution in [2.75, 3.05) is 10.8 Å². The zero-order valence-electron chi connectivity index (χ0n) is 12.0. The molecule has 1 aromatic heterocycles. The van der Waals surface area contributed by atoms with Crippen LogP contribution in [0.25, 0.3) is 0 Å². The molecule has 1 aromatic carbocycles. The third kappa shape index (κ3) is 2.88. The second-order valence-electron chi connectivity index (χ2n) is 4.58. The predicted octanol–water partition coefficient (Wildman–Crippen LogP) is 3.83. The van der Waals surface area contributed by atoms with Crippen molar-refractivity contribution >= 4 is 27.0 Å². The number of rotatable bonds is 5. The summed E-state index contributed by atoms with van der Waals surface area (Å²) in [5.41, 5.74) is 1.77. The molecule has 0 atom stereocenters. The fourth-order valence-corrected chi connectivity index (χ4v) is 4.95. The van der Waals surface area contributed by atoms with Crippen molar-refractivity contribution in [3.8, 4) is 0 Å². The van der Waals surface area contributed by atoms with Crippen LogP contribution in [0.3, 0.4) is 0 Å². The molecule has 0 aliphatic rings. The molecule has 0 aliphatic heterocycles. The first-order valence-electron chi connectivity index (χ1n) is 6.67. The minimum Gasteiger partial charge on any atom is -0.266 e. The number of benzene rings is 1. The Bertz CT molecular complexity index is 689. The Morgan fingerprint density at radius 1 is 1.15 bits per heavy atom. The van der Waals surface area contributed by atoms with Gasteiger partial charge in [-0.05, 0) is 50.1 Å². The van der Waals surface area contributed by atoms with E-state index in [1.807, 2.05) is 51.1 Å². The van der Waals surface area contributed by atoms with E-state index in [4.69, 9.17) is 0 Å². The summed E-state index contributed by atoms with van der Waals surface area (Å²) in [7, 11) is -3.46. The molecular weight excluding hydrogens is 290 g/mol. The quantitative estimate of drug-likeness (QED) is 0.841. The fourth-order valence-electron chi connectivity index (χ4n) is 2.07. The standard InChI is InChI=1S/C15H19NO2S2/c1-4-14-9-10-15(19-14)20(17,18)16(5-2)13-8-6-7-12(3)11-13/h6-11H,4-5H2,1-3H3. The average molecular weight is 309 g/mol. The molecule has 20 heavy (non-hydrogen) atoms. The summed E-state index contributed by atoms with van der Waals surface area (Å²) in [5.74, 6) is 0. The number of hydrogen-bond donors (Lipinski definition) is 0. The Labute approximate surface area is 124 Å². The summed E-state index contributed by atoms with van der Waals surface area (Å²) < 4.78 is 27.4. The number of thiophene rings is 1. The number of aryl methyl sites for hydroxylation is 2. The molecule has 0 N–H and O–H groups in total. The Balaban J connectivity index is 2.44. The first-order valence-corrected chi connectivity index (χ1v) is 8.92. The molecule has 2 rings (SSSR count). The summed E-state index contributed by atoms with van der Waals surface area (Å²) >= 11 is 1.35. The fraction of sp³-hybridized carbons (Fsp3) is 0.333. The first kappa shape index (κ1) is 15.1. The lowest BCUT2D eigenvalue weighted by atomic mass is 10.2. The van der Waals surface area contributed by atoms with E-state index in [1.165, 1.54) is 15.6 Å². The lowest BCUT2D eigenvalue weighted by Crippen LogP contribution is -2.30. The van der Waals surface area contributed by atoms with Crippen LogP contribution in [0.1, 0.15) is 24.3 Å². The molecule has 0 saturated heterocycles. The molecule has 0 amide bonds. The van der Waals surface area contributed by atoms with Crippen LogP contribution in [0.5, 0.6) is 0 Å². The lowest BCUT2D eigenvalue weighted by Gasteiger charge is -2.22. The van der Waals surface area contributed by atoms with Crippen molar-refractivity contribution in [1.29, 1.82) is 0 Å². The van der Waals surface area contributed by atoms with Gasteiger partial charge in [-0.25, -0.2) is 8.42 Å². The molecular formula is C15H19NO2S2. The highest BCUT2D eigenvalue weighted by molar-refractivity contribution is 7.94. The second-order valence-corrected chi connectivity index (χ2v) is 7.84.